The van der Waals surface area contributed by atoms with Gasteiger partial charge in [-0.3, -0.25) is 4.90 Å². The highest BCUT2D eigenvalue weighted by molar-refractivity contribution is 5.14. The largest absolute Gasteiger partial charge is 0.395 e. The summed E-state index contributed by atoms with van der Waals surface area (Å²) in [6.07, 6.45) is 1.80. The molecule has 0 bridgehead atoms. The third-order valence-corrected chi connectivity index (χ3v) is 3.00. The molecule has 0 atom stereocenters. The van der Waals surface area contributed by atoms with Gasteiger partial charge in [-0.1, -0.05) is 42.4 Å². The van der Waals surface area contributed by atoms with E-state index in [0.717, 1.165) is 19.4 Å². The van der Waals surface area contributed by atoms with Crippen LogP contribution in [0.3, 0.4) is 0 Å². The fraction of sp³-hybridized carbons (Fsp3) is 0.467. The van der Waals surface area contributed by atoms with Crippen molar-refractivity contribution in [2.45, 2.75) is 32.9 Å². The van der Waals surface area contributed by atoms with Crippen molar-refractivity contribution < 1.29 is 9.63 Å². The van der Waals surface area contributed by atoms with E-state index in [1.165, 1.54) is 5.56 Å². The van der Waals surface area contributed by atoms with E-state index >= 15 is 0 Å². The summed E-state index contributed by atoms with van der Waals surface area (Å²) in [6, 6.07) is 10.2. The third-order valence-electron chi connectivity index (χ3n) is 3.00. The lowest BCUT2D eigenvalue weighted by molar-refractivity contribution is 0.179. The normalized spacial score (nSPS) is 11.2. The Morgan fingerprint density at radius 2 is 2.00 bits per heavy atom. The molecule has 20 heavy (non-hydrogen) atoms. The molecule has 1 N–H and O–H groups in total. The molecule has 5 nitrogen and oxygen atoms in total. The van der Waals surface area contributed by atoms with Gasteiger partial charge in [0, 0.05) is 19.5 Å². The Balaban J connectivity index is 1.97. The standard InChI is InChI=1S/C15H21N3O2/c1-2-6-15-16-14(17-20-15)12-18(9-10-19)11-13-7-4-3-5-8-13/h3-5,7-8,19H,2,6,9-12H2,1H3. The van der Waals surface area contributed by atoms with E-state index < -0.39 is 0 Å². The molecule has 0 aliphatic rings. The maximum absolute atomic E-state index is 9.18. The van der Waals surface area contributed by atoms with E-state index in [4.69, 9.17) is 4.52 Å². The van der Waals surface area contributed by atoms with Crippen LogP contribution >= 0.6 is 0 Å². The van der Waals surface area contributed by atoms with Gasteiger partial charge in [-0.25, -0.2) is 0 Å². The number of aliphatic hydroxyl groups is 1. The number of rotatable bonds is 8. The Morgan fingerprint density at radius 1 is 1.20 bits per heavy atom. The minimum atomic E-state index is 0.118. The van der Waals surface area contributed by atoms with Gasteiger partial charge >= 0.3 is 0 Å². The minimum absolute atomic E-state index is 0.118. The van der Waals surface area contributed by atoms with Gasteiger partial charge in [-0.05, 0) is 12.0 Å². The van der Waals surface area contributed by atoms with E-state index in [-0.39, 0.29) is 6.61 Å². The Morgan fingerprint density at radius 3 is 2.70 bits per heavy atom. The molecule has 2 aromatic rings. The van der Waals surface area contributed by atoms with Crippen molar-refractivity contribution >= 4 is 0 Å². The van der Waals surface area contributed by atoms with Crippen LogP contribution in [0.1, 0.15) is 30.6 Å². The van der Waals surface area contributed by atoms with Crippen molar-refractivity contribution in [1.82, 2.24) is 15.0 Å². The lowest BCUT2D eigenvalue weighted by Gasteiger charge is -2.19. The van der Waals surface area contributed by atoms with Crippen LogP contribution < -0.4 is 0 Å². The number of aryl methyl sites for hydroxylation is 1. The predicted octanol–water partition coefficient (Wildman–Crippen LogP) is 2.02. The molecular weight excluding hydrogens is 254 g/mol. The molecular formula is C15H21N3O2. The molecule has 0 aliphatic carbocycles. The van der Waals surface area contributed by atoms with Gasteiger partial charge in [-0.2, -0.15) is 4.98 Å². The van der Waals surface area contributed by atoms with E-state index in [9.17, 15) is 5.11 Å². The van der Waals surface area contributed by atoms with Crippen molar-refractivity contribution in [3.63, 3.8) is 0 Å². The van der Waals surface area contributed by atoms with Crippen LogP contribution in [0, 0.1) is 0 Å². The predicted molar refractivity (Wildman–Crippen MR) is 75.9 cm³/mol. The molecule has 0 amide bonds. The molecule has 0 aliphatic heterocycles. The second kappa shape index (κ2) is 7.77. The molecule has 0 saturated heterocycles. The Bertz CT molecular complexity index is 499. The van der Waals surface area contributed by atoms with E-state index in [1.54, 1.807) is 0 Å². The van der Waals surface area contributed by atoms with Crippen molar-refractivity contribution in [2.75, 3.05) is 13.2 Å². The van der Waals surface area contributed by atoms with Gasteiger partial charge in [0.25, 0.3) is 0 Å². The molecule has 0 unspecified atom stereocenters. The molecule has 2 rings (SSSR count). The van der Waals surface area contributed by atoms with Crippen molar-refractivity contribution in [2.24, 2.45) is 0 Å². The molecule has 0 saturated carbocycles. The second-order valence-electron chi connectivity index (χ2n) is 4.77. The van der Waals surface area contributed by atoms with E-state index in [1.807, 2.05) is 18.2 Å². The van der Waals surface area contributed by atoms with Gasteiger partial charge < -0.3 is 9.63 Å². The van der Waals surface area contributed by atoms with Crippen molar-refractivity contribution in [1.29, 1.82) is 0 Å². The smallest absolute Gasteiger partial charge is 0.226 e. The average molecular weight is 275 g/mol. The van der Waals surface area contributed by atoms with Crippen LogP contribution in [-0.4, -0.2) is 33.3 Å². The molecule has 5 heteroatoms. The first-order valence-corrected chi connectivity index (χ1v) is 7.00. The monoisotopic (exact) mass is 275 g/mol. The van der Waals surface area contributed by atoms with Crippen LogP contribution in [0.4, 0.5) is 0 Å². The zero-order valence-corrected chi connectivity index (χ0v) is 11.8. The zero-order valence-electron chi connectivity index (χ0n) is 11.8. The van der Waals surface area contributed by atoms with Gasteiger partial charge in [0.05, 0.1) is 13.2 Å². The van der Waals surface area contributed by atoms with Crippen LogP contribution in [0.5, 0.6) is 0 Å². The number of aliphatic hydroxyl groups excluding tert-OH is 1. The summed E-state index contributed by atoms with van der Waals surface area (Å²) in [7, 11) is 0. The summed E-state index contributed by atoms with van der Waals surface area (Å²) >= 11 is 0. The van der Waals surface area contributed by atoms with Gasteiger partial charge in [0.1, 0.15) is 0 Å². The maximum Gasteiger partial charge on any atom is 0.226 e. The fourth-order valence-electron chi connectivity index (χ4n) is 2.07. The van der Waals surface area contributed by atoms with Gasteiger partial charge in [-0.15, -0.1) is 0 Å². The summed E-state index contributed by atoms with van der Waals surface area (Å²) in [5.41, 5.74) is 1.21. The summed E-state index contributed by atoms with van der Waals surface area (Å²) in [6.45, 7) is 4.14. The Hall–Kier alpha value is -1.72. The quantitative estimate of drug-likeness (QED) is 0.798. The van der Waals surface area contributed by atoms with Crippen LogP contribution in [0.25, 0.3) is 0 Å². The van der Waals surface area contributed by atoms with Crippen LogP contribution in [0.15, 0.2) is 34.9 Å². The number of nitrogens with zero attached hydrogens (tertiary/aromatic N) is 3. The lowest BCUT2D eigenvalue weighted by Crippen LogP contribution is -2.26. The summed E-state index contributed by atoms with van der Waals surface area (Å²) < 4.78 is 5.18. The molecule has 0 fully saturated rings. The summed E-state index contributed by atoms with van der Waals surface area (Å²) in [5.74, 6) is 1.36. The molecule has 0 spiro atoms. The Labute approximate surface area is 119 Å². The molecule has 1 aromatic carbocycles. The molecule has 108 valence electrons. The minimum Gasteiger partial charge on any atom is -0.395 e. The SMILES string of the molecule is CCCc1nc(CN(CCO)Cc2ccccc2)no1. The summed E-state index contributed by atoms with van der Waals surface area (Å²) in [4.78, 5) is 6.47. The highest BCUT2D eigenvalue weighted by Gasteiger charge is 2.11. The third kappa shape index (κ3) is 4.43. The summed E-state index contributed by atoms with van der Waals surface area (Å²) in [5, 5.41) is 13.2. The average Bonchev–Trinajstić information content (AvgIpc) is 2.88. The topological polar surface area (TPSA) is 62.4 Å². The van der Waals surface area contributed by atoms with E-state index in [2.05, 4.69) is 34.1 Å². The number of aromatic nitrogens is 2. The Kier molecular flexibility index (Phi) is 5.70. The second-order valence-corrected chi connectivity index (χ2v) is 4.77. The first-order chi connectivity index (χ1) is 9.81. The van der Waals surface area contributed by atoms with Crippen LogP contribution in [-0.2, 0) is 19.5 Å². The molecule has 0 radical (unpaired) electrons. The molecule has 1 heterocycles. The maximum atomic E-state index is 9.18. The van der Waals surface area contributed by atoms with Gasteiger partial charge in [0.2, 0.25) is 5.89 Å². The molecule has 1 aromatic heterocycles. The zero-order chi connectivity index (χ0) is 14.2. The number of benzene rings is 1. The highest BCUT2D eigenvalue weighted by atomic mass is 16.5. The van der Waals surface area contributed by atoms with Crippen molar-refractivity contribution in [3.8, 4) is 0 Å². The number of hydrogen-bond acceptors (Lipinski definition) is 5. The lowest BCUT2D eigenvalue weighted by atomic mass is 10.2. The first-order valence-electron chi connectivity index (χ1n) is 7.00. The highest BCUT2D eigenvalue weighted by Crippen LogP contribution is 2.08. The number of hydrogen-bond donors (Lipinski definition) is 1. The first kappa shape index (κ1) is 14.7. The van der Waals surface area contributed by atoms with Gasteiger partial charge in [0.15, 0.2) is 5.82 Å². The fourth-order valence-corrected chi connectivity index (χ4v) is 2.07. The van der Waals surface area contributed by atoms with E-state index in [0.29, 0.717) is 24.8 Å². The van der Waals surface area contributed by atoms with Crippen LogP contribution in [0.2, 0.25) is 0 Å². The van der Waals surface area contributed by atoms with Crippen molar-refractivity contribution in [3.05, 3.63) is 47.6 Å².